The lowest BCUT2D eigenvalue weighted by atomic mass is 9.94. The normalized spacial score (nSPS) is 33.4. The van der Waals surface area contributed by atoms with E-state index in [1.807, 2.05) is 0 Å². The van der Waals surface area contributed by atoms with Crippen molar-refractivity contribution in [2.45, 2.75) is 36.6 Å². The second-order valence-corrected chi connectivity index (χ2v) is 9.18. The Kier molecular flexibility index (Phi) is 3.33. The second-order valence-electron chi connectivity index (χ2n) is 4.94. The van der Waals surface area contributed by atoms with Crippen LogP contribution in [0.4, 0.5) is 0 Å². The monoisotopic (exact) mass is 285 g/mol. The summed E-state index contributed by atoms with van der Waals surface area (Å²) >= 11 is 0. The van der Waals surface area contributed by atoms with Crippen molar-refractivity contribution >= 4 is 15.2 Å². The Hall–Kier alpha value is 0.260. The molecule has 17 heavy (non-hydrogen) atoms. The molecule has 7 nitrogen and oxygen atoms in total. The summed E-state index contributed by atoms with van der Waals surface area (Å²) < 4.78 is 23.0. The van der Waals surface area contributed by atoms with E-state index in [4.69, 9.17) is 0 Å². The van der Waals surface area contributed by atoms with E-state index in [2.05, 4.69) is 5.32 Å². The van der Waals surface area contributed by atoms with Crippen molar-refractivity contribution in [1.82, 2.24) is 5.32 Å². The van der Waals surface area contributed by atoms with Crippen molar-refractivity contribution in [2.75, 3.05) is 6.54 Å². The summed E-state index contributed by atoms with van der Waals surface area (Å²) in [5, 5.41) is 3.09. The van der Waals surface area contributed by atoms with Gasteiger partial charge in [-0.15, -0.1) is 0 Å². The second kappa shape index (κ2) is 4.14. The highest BCUT2D eigenvalue weighted by Crippen LogP contribution is 2.76. The molecule has 2 rings (SSSR count). The standard InChI is InChI=1S/C8H17NO6P2/c10-16(11,12)8(17(13,14)15)4-6-2-1-3-9-7(6)5-8/h6-7,9H,1-5H2,(H2,10,11,12)(H2,13,14,15). The Morgan fingerprint density at radius 2 is 1.65 bits per heavy atom. The van der Waals surface area contributed by atoms with Crippen LogP contribution >= 0.6 is 15.2 Å². The zero-order valence-corrected chi connectivity index (χ0v) is 11.0. The van der Waals surface area contributed by atoms with Crippen LogP contribution in [-0.2, 0) is 9.13 Å². The molecule has 0 amide bonds. The van der Waals surface area contributed by atoms with Gasteiger partial charge in [0.1, 0.15) is 0 Å². The lowest BCUT2D eigenvalue weighted by Crippen LogP contribution is -2.38. The van der Waals surface area contributed by atoms with Crippen molar-refractivity contribution in [3.63, 3.8) is 0 Å². The van der Waals surface area contributed by atoms with Gasteiger partial charge < -0.3 is 24.9 Å². The number of piperidine rings is 1. The van der Waals surface area contributed by atoms with Crippen LogP contribution in [0.5, 0.6) is 0 Å². The first-order chi connectivity index (χ1) is 7.67. The molecule has 100 valence electrons. The van der Waals surface area contributed by atoms with Crippen LogP contribution in [0.3, 0.4) is 0 Å². The molecule has 1 saturated heterocycles. The molecule has 0 bridgehead atoms. The first-order valence-corrected chi connectivity index (χ1v) is 8.74. The smallest absolute Gasteiger partial charge is 0.324 e. The van der Waals surface area contributed by atoms with Crippen molar-refractivity contribution < 1.29 is 28.7 Å². The topological polar surface area (TPSA) is 127 Å². The van der Waals surface area contributed by atoms with Crippen LogP contribution in [0.25, 0.3) is 0 Å². The fraction of sp³-hybridized carbons (Fsp3) is 1.00. The van der Waals surface area contributed by atoms with Crippen molar-refractivity contribution in [1.29, 1.82) is 0 Å². The van der Waals surface area contributed by atoms with E-state index < -0.39 is 20.1 Å². The van der Waals surface area contributed by atoms with Crippen LogP contribution < -0.4 is 5.32 Å². The van der Waals surface area contributed by atoms with Gasteiger partial charge in [0, 0.05) is 6.04 Å². The molecule has 1 aliphatic heterocycles. The van der Waals surface area contributed by atoms with Gasteiger partial charge in [-0.1, -0.05) is 0 Å². The van der Waals surface area contributed by atoms with E-state index in [1.54, 1.807) is 0 Å². The molecule has 0 aromatic rings. The first-order valence-electron chi connectivity index (χ1n) is 5.52. The molecule has 2 aliphatic rings. The summed E-state index contributed by atoms with van der Waals surface area (Å²) in [4.78, 5) is 35.2. The zero-order chi connectivity index (χ0) is 12.9. The van der Waals surface area contributed by atoms with Crippen molar-refractivity contribution in [3.05, 3.63) is 0 Å². The summed E-state index contributed by atoms with van der Waals surface area (Å²) in [5.41, 5.74) is 0. The third-order valence-electron chi connectivity index (χ3n) is 3.95. The lowest BCUT2D eigenvalue weighted by molar-refractivity contribution is 0.303. The minimum Gasteiger partial charge on any atom is -0.324 e. The van der Waals surface area contributed by atoms with Gasteiger partial charge >= 0.3 is 15.2 Å². The molecule has 2 unspecified atom stereocenters. The molecule has 2 fully saturated rings. The highest BCUT2D eigenvalue weighted by molar-refractivity contribution is 7.72. The summed E-state index contributed by atoms with van der Waals surface area (Å²) in [6.07, 6.45) is 1.39. The van der Waals surface area contributed by atoms with Gasteiger partial charge in [0.2, 0.25) is 0 Å². The maximum Gasteiger partial charge on any atom is 0.343 e. The Bertz CT molecular complexity index is 363. The Labute approximate surface area is 98.9 Å². The van der Waals surface area contributed by atoms with Crippen molar-refractivity contribution in [3.8, 4) is 0 Å². The van der Waals surface area contributed by atoms with Crippen LogP contribution in [0.15, 0.2) is 0 Å². The largest absolute Gasteiger partial charge is 0.343 e. The Morgan fingerprint density at radius 3 is 2.12 bits per heavy atom. The van der Waals surface area contributed by atoms with Gasteiger partial charge in [-0.25, -0.2) is 0 Å². The van der Waals surface area contributed by atoms with E-state index in [-0.39, 0.29) is 24.8 Å². The van der Waals surface area contributed by atoms with Crippen LogP contribution in [0, 0.1) is 5.92 Å². The maximum atomic E-state index is 11.5. The van der Waals surface area contributed by atoms with Gasteiger partial charge in [-0.05, 0) is 38.1 Å². The average Bonchev–Trinajstić information content (AvgIpc) is 2.55. The number of rotatable bonds is 2. The molecule has 0 radical (unpaired) electrons. The highest BCUT2D eigenvalue weighted by atomic mass is 31.2. The third-order valence-corrected chi connectivity index (χ3v) is 8.41. The van der Waals surface area contributed by atoms with Crippen molar-refractivity contribution in [2.24, 2.45) is 5.92 Å². The molecular weight excluding hydrogens is 268 g/mol. The fourth-order valence-corrected chi connectivity index (χ4v) is 6.17. The number of nitrogens with one attached hydrogen (secondary N) is 1. The molecule has 0 spiro atoms. The Balaban J connectivity index is 2.39. The highest BCUT2D eigenvalue weighted by Gasteiger charge is 2.65. The summed E-state index contributed by atoms with van der Waals surface area (Å²) in [7, 11) is -9.68. The number of hydrogen-bond acceptors (Lipinski definition) is 3. The molecule has 0 aromatic heterocycles. The average molecular weight is 285 g/mol. The van der Waals surface area contributed by atoms with Gasteiger partial charge in [0.15, 0.2) is 4.90 Å². The molecule has 1 saturated carbocycles. The van der Waals surface area contributed by atoms with E-state index in [0.29, 0.717) is 0 Å². The molecule has 2 atom stereocenters. The zero-order valence-electron chi connectivity index (χ0n) is 9.19. The van der Waals surface area contributed by atoms with E-state index >= 15 is 0 Å². The SMILES string of the molecule is O=P(O)(O)C1(P(=O)(O)O)CC2CCCNC2C1. The molecule has 0 aromatic carbocycles. The minimum atomic E-state index is -4.84. The first kappa shape index (κ1) is 13.7. The van der Waals surface area contributed by atoms with E-state index in [1.165, 1.54) is 0 Å². The quantitative estimate of drug-likeness (QED) is 0.458. The molecule has 1 heterocycles. The molecule has 5 N–H and O–H groups in total. The third kappa shape index (κ3) is 2.15. The predicted octanol–water partition coefficient (Wildman–Crippen LogP) is 0.200. The summed E-state index contributed by atoms with van der Waals surface area (Å²) in [6.45, 7) is 0.736. The van der Waals surface area contributed by atoms with E-state index in [9.17, 15) is 28.7 Å². The number of hydrogen-bond donors (Lipinski definition) is 5. The fourth-order valence-electron chi connectivity index (χ4n) is 3.00. The van der Waals surface area contributed by atoms with Crippen LogP contribution in [-0.4, -0.2) is 37.1 Å². The molecule has 9 heteroatoms. The lowest BCUT2D eigenvalue weighted by Gasteiger charge is -2.30. The minimum absolute atomic E-state index is 0.0519. The summed E-state index contributed by atoms with van der Waals surface area (Å²) in [6, 6.07) is -0.191. The predicted molar refractivity (Wildman–Crippen MR) is 60.6 cm³/mol. The van der Waals surface area contributed by atoms with Gasteiger partial charge in [0.25, 0.3) is 0 Å². The van der Waals surface area contributed by atoms with Gasteiger partial charge in [-0.2, -0.15) is 0 Å². The van der Waals surface area contributed by atoms with E-state index in [0.717, 1.165) is 19.4 Å². The van der Waals surface area contributed by atoms with Gasteiger partial charge in [0.05, 0.1) is 0 Å². The van der Waals surface area contributed by atoms with Gasteiger partial charge in [-0.3, -0.25) is 9.13 Å². The molecule has 1 aliphatic carbocycles. The molecular formula is C8H17NO6P2. The summed E-state index contributed by atoms with van der Waals surface area (Å²) in [5.74, 6) is -0.0519. The number of fused-ring (bicyclic) bond motifs is 1. The Morgan fingerprint density at radius 1 is 1.06 bits per heavy atom. The van der Waals surface area contributed by atoms with Crippen LogP contribution in [0.1, 0.15) is 25.7 Å². The van der Waals surface area contributed by atoms with Crippen LogP contribution in [0.2, 0.25) is 0 Å². The maximum absolute atomic E-state index is 11.5.